The van der Waals surface area contributed by atoms with E-state index in [2.05, 4.69) is 17.9 Å². The number of aliphatic hydroxyl groups is 1. The molecule has 1 unspecified atom stereocenters. The normalized spacial score (nSPS) is 25.1. The lowest BCUT2D eigenvalue weighted by atomic mass is 9.96. The van der Waals surface area contributed by atoms with Crippen LogP contribution in [0.1, 0.15) is 13.3 Å². The van der Waals surface area contributed by atoms with E-state index in [0.717, 1.165) is 32.6 Å². The van der Waals surface area contributed by atoms with Gasteiger partial charge in [0.25, 0.3) is 0 Å². The topological polar surface area (TPSA) is 43.8 Å². The Morgan fingerprint density at radius 3 is 2.67 bits per heavy atom. The maximum absolute atomic E-state index is 12.3. The standard InChI is InChI=1S/C14H22N2O2/c1-12-2-4-13(5-3-12)14(18)16-8-6-15(7-9-16)10-11-17/h2-4,13,17H,5-11H2,1H3. The van der Waals surface area contributed by atoms with Crippen LogP contribution in [-0.4, -0.2) is 60.1 Å². The van der Waals surface area contributed by atoms with Gasteiger partial charge in [-0.05, 0) is 13.3 Å². The van der Waals surface area contributed by atoms with Crippen molar-refractivity contribution in [2.75, 3.05) is 39.3 Å². The van der Waals surface area contributed by atoms with Gasteiger partial charge in [-0.15, -0.1) is 0 Å². The van der Waals surface area contributed by atoms with Crippen LogP contribution in [0.5, 0.6) is 0 Å². The van der Waals surface area contributed by atoms with Gasteiger partial charge in [-0.25, -0.2) is 0 Å². The predicted molar refractivity (Wildman–Crippen MR) is 71.1 cm³/mol. The molecule has 1 N–H and O–H groups in total. The number of rotatable bonds is 3. The number of hydrogen-bond donors (Lipinski definition) is 1. The molecule has 0 aromatic heterocycles. The van der Waals surface area contributed by atoms with Gasteiger partial charge in [0.15, 0.2) is 0 Å². The smallest absolute Gasteiger partial charge is 0.229 e. The van der Waals surface area contributed by atoms with E-state index in [0.29, 0.717) is 6.54 Å². The van der Waals surface area contributed by atoms with Crippen molar-refractivity contribution in [3.05, 3.63) is 23.8 Å². The molecule has 18 heavy (non-hydrogen) atoms. The Morgan fingerprint density at radius 2 is 2.11 bits per heavy atom. The first-order chi connectivity index (χ1) is 8.70. The van der Waals surface area contributed by atoms with E-state index in [9.17, 15) is 4.79 Å². The van der Waals surface area contributed by atoms with Gasteiger partial charge >= 0.3 is 0 Å². The summed E-state index contributed by atoms with van der Waals surface area (Å²) in [5.41, 5.74) is 1.24. The Kier molecular flexibility index (Phi) is 4.55. The van der Waals surface area contributed by atoms with Crippen molar-refractivity contribution >= 4 is 5.91 Å². The fourth-order valence-corrected chi connectivity index (χ4v) is 2.48. The number of nitrogens with zero attached hydrogens (tertiary/aromatic N) is 2. The number of allylic oxidation sites excluding steroid dienone is 3. The molecule has 1 saturated heterocycles. The van der Waals surface area contributed by atoms with Gasteiger partial charge in [0, 0.05) is 32.7 Å². The zero-order valence-electron chi connectivity index (χ0n) is 11.0. The Labute approximate surface area is 109 Å². The van der Waals surface area contributed by atoms with E-state index in [1.54, 1.807) is 0 Å². The highest BCUT2D eigenvalue weighted by Crippen LogP contribution is 2.19. The van der Waals surface area contributed by atoms with Crippen LogP contribution in [0.2, 0.25) is 0 Å². The molecule has 0 saturated carbocycles. The van der Waals surface area contributed by atoms with Crippen molar-refractivity contribution in [3.63, 3.8) is 0 Å². The Balaban J connectivity index is 1.83. The number of amides is 1. The Bertz CT molecular complexity index is 355. The summed E-state index contributed by atoms with van der Waals surface area (Å²) < 4.78 is 0. The summed E-state index contributed by atoms with van der Waals surface area (Å²) in [7, 11) is 0. The number of piperazine rings is 1. The number of carbonyl (C=O) groups excluding carboxylic acids is 1. The number of β-amino-alcohol motifs (C(OH)–C–C–N with tert-alkyl or cyclic N) is 1. The molecule has 1 aliphatic carbocycles. The fraction of sp³-hybridized carbons (Fsp3) is 0.643. The Morgan fingerprint density at radius 1 is 1.39 bits per heavy atom. The number of carbonyl (C=O) groups is 1. The van der Waals surface area contributed by atoms with Gasteiger partial charge in [0.1, 0.15) is 0 Å². The molecule has 100 valence electrons. The molecule has 1 fully saturated rings. The van der Waals surface area contributed by atoms with Crippen molar-refractivity contribution in [1.29, 1.82) is 0 Å². The molecule has 0 aromatic carbocycles. The maximum Gasteiger partial charge on any atom is 0.229 e. The molecule has 1 heterocycles. The summed E-state index contributed by atoms with van der Waals surface area (Å²) in [5, 5.41) is 8.88. The largest absolute Gasteiger partial charge is 0.395 e. The average Bonchev–Trinajstić information content (AvgIpc) is 2.40. The van der Waals surface area contributed by atoms with Crippen LogP contribution in [0.15, 0.2) is 23.8 Å². The zero-order chi connectivity index (χ0) is 13.0. The summed E-state index contributed by atoms with van der Waals surface area (Å²) >= 11 is 0. The maximum atomic E-state index is 12.3. The number of aliphatic hydroxyl groups excluding tert-OH is 1. The molecule has 0 bridgehead atoms. The first-order valence-electron chi connectivity index (χ1n) is 6.67. The summed E-state index contributed by atoms with van der Waals surface area (Å²) in [6, 6.07) is 0. The lowest BCUT2D eigenvalue weighted by Crippen LogP contribution is -2.50. The van der Waals surface area contributed by atoms with Crippen LogP contribution in [0.3, 0.4) is 0 Å². The summed E-state index contributed by atoms with van der Waals surface area (Å²) in [5.74, 6) is 0.275. The third-order valence-corrected chi connectivity index (χ3v) is 3.70. The molecule has 2 aliphatic rings. The van der Waals surface area contributed by atoms with E-state index >= 15 is 0 Å². The van der Waals surface area contributed by atoms with Crippen LogP contribution in [0.4, 0.5) is 0 Å². The fourth-order valence-electron chi connectivity index (χ4n) is 2.48. The molecule has 4 nitrogen and oxygen atoms in total. The van der Waals surface area contributed by atoms with Crippen molar-refractivity contribution in [2.24, 2.45) is 5.92 Å². The Hall–Kier alpha value is -1.13. The molecular weight excluding hydrogens is 228 g/mol. The lowest BCUT2D eigenvalue weighted by Gasteiger charge is -2.36. The van der Waals surface area contributed by atoms with Gasteiger partial charge < -0.3 is 10.0 Å². The van der Waals surface area contributed by atoms with Crippen LogP contribution in [-0.2, 0) is 4.79 Å². The number of hydrogen-bond acceptors (Lipinski definition) is 3. The van der Waals surface area contributed by atoms with Crippen LogP contribution in [0.25, 0.3) is 0 Å². The molecule has 4 heteroatoms. The van der Waals surface area contributed by atoms with Gasteiger partial charge in [-0.3, -0.25) is 9.69 Å². The van der Waals surface area contributed by atoms with Gasteiger partial charge in [-0.2, -0.15) is 0 Å². The van der Waals surface area contributed by atoms with Crippen molar-refractivity contribution < 1.29 is 9.90 Å². The van der Waals surface area contributed by atoms with E-state index in [1.165, 1.54) is 5.57 Å². The predicted octanol–water partition coefficient (Wildman–Crippen LogP) is 0.645. The van der Waals surface area contributed by atoms with Crippen LogP contribution < -0.4 is 0 Å². The first-order valence-corrected chi connectivity index (χ1v) is 6.67. The van der Waals surface area contributed by atoms with Gasteiger partial charge in [-0.1, -0.05) is 23.8 Å². The van der Waals surface area contributed by atoms with E-state index < -0.39 is 0 Å². The second-order valence-electron chi connectivity index (χ2n) is 5.04. The molecule has 1 aliphatic heterocycles. The second kappa shape index (κ2) is 6.16. The van der Waals surface area contributed by atoms with Crippen LogP contribution >= 0.6 is 0 Å². The highest BCUT2D eigenvalue weighted by Gasteiger charge is 2.25. The second-order valence-corrected chi connectivity index (χ2v) is 5.04. The first kappa shape index (κ1) is 13.3. The summed E-state index contributed by atoms with van der Waals surface area (Å²) in [6.07, 6.45) is 7.02. The molecular formula is C14H22N2O2. The van der Waals surface area contributed by atoms with Crippen molar-refractivity contribution in [1.82, 2.24) is 9.80 Å². The minimum absolute atomic E-state index is 0.0260. The van der Waals surface area contributed by atoms with Crippen LogP contribution in [0, 0.1) is 5.92 Å². The minimum Gasteiger partial charge on any atom is -0.395 e. The SMILES string of the molecule is CC1=CCC(C(=O)N2CCN(CCO)CC2)C=C1. The molecule has 0 spiro atoms. The molecule has 0 aromatic rings. The lowest BCUT2D eigenvalue weighted by molar-refractivity contribution is -0.135. The molecule has 0 radical (unpaired) electrons. The minimum atomic E-state index is 0.0260. The van der Waals surface area contributed by atoms with Crippen molar-refractivity contribution in [2.45, 2.75) is 13.3 Å². The highest BCUT2D eigenvalue weighted by atomic mass is 16.3. The van der Waals surface area contributed by atoms with E-state index in [-0.39, 0.29) is 18.4 Å². The van der Waals surface area contributed by atoms with E-state index in [1.807, 2.05) is 17.1 Å². The van der Waals surface area contributed by atoms with Crippen molar-refractivity contribution in [3.8, 4) is 0 Å². The zero-order valence-corrected chi connectivity index (χ0v) is 11.0. The summed E-state index contributed by atoms with van der Waals surface area (Å²) in [6.45, 7) is 6.29. The average molecular weight is 250 g/mol. The van der Waals surface area contributed by atoms with Gasteiger partial charge in [0.2, 0.25) is 5.91 Å². The van der Waals surface area contributed by atoms with Gasteiger partial charge in [0.05, 0.1) is 12.5 Å². The molecule has 1 amide bonds. The quantitative estimate of drug-likeness (QED) is 0.799. The summed E-state index contributed by atoms with van der Waals surface area (Å²) in [4.78, 5) is 16.5. The van der Waals surface area contributed by atoms with E-state index in [4.69, 9.17) is 5.11 Å². The molecule has 2 rings (SSSR count). The third-order valence-electron chi connectivity index (χ3n) is 3.70. The third kappa shape index (κ3) is 3.21. The molecule has 1 atom stereocenters. The monoisotopic (exact) mass is 250 g/mol. The highest BCUT2D eigenvalue weighted by molar-refractivity contribution is 5.81.